The zero-order chi connectivity index (χ0) is 26.6. The first-order chi connectivity index (χ1) is 18.6. The first-order valence-corrected chi connectivity index (χ1v) is 13.1. The molecule has 1 fully saturated rings. The molecule has 1 saturated carbocycles. The van der Waals surface area contributed by atoms with E-state index in [0.717, 1.165) is 48.2 Å². The number of nitrogens with zero attached hydrogens (tertiary/aromatic N) is 1. The number of rotatable bonds is 10. The second-order valence-electron chi connectivity index (χ2n) is 9.90. The lowest BCUT2D eigenvalue weighted by atomic mass is 9.86. The van der Waals surface area contributed by atoms with E-state index < -0.39 is 6.04 Å². The first kappa shape index (κ1) is 25.9. The van der Waals surface area contributed by atoms with Gasteiger partial charge in [0.05, 0.1) is 28.4 Å². The van der Waals surface area contributed by atoms with E-state index in [4.69, 9.17) is 18.9 Å². The van der Waals surface area contributed by atoms with Crippen molar-refractivity contribution in [1.82, 2.24) is 10.2 Å². The number of methoxy groups -OCH3 is 4. The summed E-state index contributed by atoms with van der Waals surface area (Å²) in [5.41, 5.74) is 4.43. The Morgan fingerprint density at radius 3 is 2.18 bits per heavy atom. The molecule has 1 aliphatic carbocycles. The zero-order valence-corrected chi connectivity index (χ0v) is 22.5. The van der Waals surface area contributed by atoms with Crippen LogP contribution in [0.15, 0.2) is 60.7 Å². The summed E-state index contributed by atoms with van der Waals surface area (Å²) in [6.45, 7) is 0.734. The molecular formula is C31H36N2O5. The Balaban J connectivity index is 1.60. The standard InChI is InChI=1S/C31H36N2O5/c1-35-26-13-10-20(17-27(26)36-2)16-25-24-19-29(38-4)28(37-3)18-22(24)14-15-33(25)30(21-8-6-5-7-9-21)31(34)32-23-11-12-23/h5-10,13,17-19,23,25,30H,11-12,14-16H2,1-4H3,(H,32,34)/t25-,30+/m0/s1. The van der Waals surface area contributed by atoms with Gasteiger partial charge >= 0.3 is 0 Å². The molecule has 0 unspecified atom stereocenters. The summed E-state index contributed by atoms with van der Waals surface area (Å²) in [5.74, 6) is 2.83. The van der Waals surface area contributed by atoms with Crippen molar-refractivity contribution in [2.24, 2.45) is 0 Å². The van der Waals surface area contributed by atoms with Crippen molar-refractivity contribution in [2.75, 3.05) is 35.0 Å². The Morgan fingerprint density at radius 2 is 1.53 bits per heavy atom. The predicted molar refractivity (Wildman–Crippen MR) is 146 cm³/mol. The molecule has 3 aromatic rings. The highest BCUT2D eigenvalue weighted by atomic mass is 16.5. The molecule has 7 heteroatoms. The van der Waals surface area contributed by atoms with E-state index >= 15 is 0 Å². The van der Waals surface area contributed by atoms with E-state index in [2.05, 4.69) is 40.5 Å². The van der Waals surface area contributed by atoms with Crippen LogP contribution >= 0.6 is 0 Å². The highest BCUT2D eigenvalue weighted by Gasteiger charge is 2.39. The Labute approximate surface area is 224 Å². The fourth-order valence-corrected chi connectivity index (χ4v) is 5.45. The largest absolute Gasteiger partial charge is 0.493 e. The molecule has 5 rings (SSSR count). The van der Waals surface area contributed by atoms with Gasteiger partial charge in [-0.3, -0.25) is 9.69 Å². The second kappa shape index (κ2) is 11.4. The Morgan fingerprint density at radius 1 is 0.868 bits per heavy atom. The van der Waals surface area contributed by atoms with Gasteiger partial charge in [0.15, 0.2) is 23.0 Å². The van der Waals surface area contributed by atoms with E-state index in [1.54, 1.807) is 28.4 Å². The number of hydrogen-bond acceptors (Lipinski definition) is 6. The van der Waals surface area contributed by atoms with Crippen LogP contribution < -0.4 is 24.3 Å². The molecule has 0 spiro atoms. The molecular weight excluding hydrogens is 480 g/mol. The normalized spacial score (nSPS) is 17.7. The number of amides is 1. The summed E-state index contributed by atoms with van der Waals surface area (Å²) in [5, 5.41) is 3.27. The highest BCUT2D eigenvalue weighted by molar-refractivity contribution is 5.84. The molecule has 200 valence electrons. The molecule has 1 aliphatic heterocycles. The zero-order valence-electron chi connectivity index (χ0n) is 22.5. The van der Waals surface area contributed by atoms with Gasteiger partial charge in [-0.1, -0.05) is 36.4 Å². The Hall–Kier alpha value is -3.71. The minimum absolute atomic E-state index is 0.0555. The van der Waals surface area contributed by atoms with E-state index in [0.29, 0.717) is 23.7 Å². The number of nitrogens with one attached hydrogen (secondary N) is 1. The van der Waals surface area contributed by atoms with Gasteiger partial charge in [-0.2, -0.15) is 0 Å². The monoisotopic (exact) mass is 516 g/mol. The average molecular weight is 517 g/mol. The van der Waals surface area contributed by atoms with Gasteiger partial charge in [-0.25, -0.2) is 0 Å². The fourth-order valence-electron chi connectivity index (χ4n) is 5.45. The smallest absolute Gasteiger partial charge is 0.242 e. The van der Waals surface area contributed by atoms with Crippen molar-refractivity contribution in [2.45, 2.75) is 43.8 Å². The summed E-state index contributed by atoms with van der Waals surface area (Å²) in [4.78, 5) is 16.1. The SMILES string of the molecule is COc1ccc(C[C@H]2c3cc(OC)c(OC)cc3CCN2[C@@H](C(=O)NC2CC2)c2ccccc2)cc1OC. The van der Waals surface area contributed by atoms with Crippen LogP contribution in [0.2, 0.25) is 0 Å². The maximum absolute atomic E-state index is 13.8. The minimum Gasteiger partial charge on any atom is -0.493 e. The molecule has 0 aromatic heterocycles. The van der Waals surface area contributed by atoms with Crippen LogP contribution in [-0.2, 0) is 17.6 Å². The van der Waals surface area contributed by atoms with E-state index in [9.17, 15) is 4.79 Å². The molecule has 38 heavy (non-hydrogen) atoms. The summed E-state index contributed by atoms with van der Waals surface area (Å²) < 4.78 is 22.4. The van der Waals surface area contributed by atoms with Crippen LogP contribution in [0.4, 0.5) is 0 Å². The van der Waals surface area contributed by atoms with Gasteiger partial charge in [0.25, 0.3) is 0 Å². The lowest BCUT2D eigenvalue weighted by Gasteiger charge is -2.42. The molecule has 0 radical (unpaired) electrons. The summed E-state index contributed by atoms with van der Waals surface area (Å²) >= 11 is 0. The quantitative estimate of drug-likeness (QED) is 0.414. The Bertz CT molecular complexity index is 1270. The molecule has 3 aromatic carbocycles. The average Bonchev–Trinajstić information content (AvgIpc) is 3.77. The summed E-state index contributed by atoms with van der Waals surface area (Å²) in [7, 11) is 6.60. The minimum atomic E-state index is -0.414. The van der Waals surface area contributed by atoms with Crippen LogP contribution in [-0.4, -0.2) is 51.8 Å². The number of fused-ring (bicyclic) bond motifs is 1. The van der Waals surface area contributed by atoms with Crippen molar-refractivity contribution in [3.05, 3.63) is 82.9 Å². The molecule has 1 N–H and O–H groups in total. The molecule has 2 aliphatic rings. The van der Waals surface area contributed by atoms with Crippen LogP contribution in [0.3, 0.4) is 0 Å². The molecule has 1 amide bonds. The maximum atomic E-state index is 13.8. The number of carbonyl (C=O) groups excluding carboxylic acids is 1. The van der Waals surface area contributed by atoms with Crippen molar-refractivity contribution in [3.8, 4) is 23.0 Å². The molecule has 7 nitrogen and oxygen atoms in total. The van der Waals surface area contributed by atoms with E-state index in [-0.39, 0.29) is 18.0 Å². The van der Waals surface area contributed by atoms with Gasteiger partial charge in [-0.05, 0) is 72.2 Å². The number of benzene rings is 3. The topological polar surface area (TPSA) is 69.3 Å². The summed E-state index contributed by atoms with van der Waals surface area (Å²) in [6, 6.07) is 20.1. The van der Waals surface area contributed by atoms with Gasteiger partial charge in [0.1, 0.15) is 6.04 Å². The molecule has 2 atom stereocenters. The van der Waals surface area contributed by atoms with Crippen molar-refractivity contribution in [1.29, 1.82) is 0 Å². The lowest BCUT2D eigenvalue weighted by Crippen LogP contribution is -2.46. The lowest BCUT2D eigenvalue weighted by molar-refractivity contribution is -0.128. The maximum Gasteiger partial charge on any atom is 0.242 e. The van der Waals surface area contributed by atoms with E-state index in [1.807, 2.05) is 30.3 Å². The van der Waals surface area contributed by atoms with E-state index in [1.165, 1.54) is 5.56 Å². The first-order valence-electron chi connectivity index (χ1n) is 13.1. The van der Waals surface area contributed by atoms with Crippen molar-refractivity contribution < 1.29 is 23.7 Å². The van der Waals surface area contributed by atoms with Gasteiger partial charge in [0, 0.05) is 18.6 Å². The third-order valence-corrected chi connectivity index (χ3v) is 7.54. The van der Waals surface area contributed by atoms with Crippen LogP contribution in [0.1, 0.15) is 47.2 Å². The van der Waals surface area contributed by atoms with Crippen molar-refractivity contribution in [3.63, 3.8) is 0 Å². The van der Waals surface area contributed by atoms with Gasteiger partial charge < -0.3 is 24.3 Å². The van der Waals surface area contributed by atoms with Gasteiger partial charge in [0.2, 0.25) is 5.91 Å². The number of hydrogen-bond donors (Lipinski definition) is 1. The third kappa shape index (κ3) is 5.29. The number of ether oxygens (including phenoxy) is 4. The predicted octanol–water partition coefficient (Wildman–Crippen LogP) is 4.88. The van der Waals surface area contributed by atoms with Crippen LogP contribution in [0.25, 0.3) is 0 Å². The Kier molecular flexibility index (Phi) is 7.74. The fraction of sp³-hybridized carbons (Fsp3) is 0.387. The van der Waals surface area contributed by atoms with Crippen LogP contribution in [0, 0.1) is 0 Å². The number of carbonyl (C=O) groups is 1. The second-order valence-corrected chi connectivity index (χ2v) is 9.90. The van der Waals surface area contributed by atoms with Crippen LogP contribution in [0.5, 0.6) is 23.0 Å². The highest BCUT2D eigenvalue weighted by Crippen LogP contribution is 2.43. The van der Waals surface area contributed by atoms with Gasteiger partial charge in [-0.15, -0.1) is 0 Å². The molecule has 0 bridgehead atoms. The molecule has 0 saturated heterocycles. The molecule has 1 heterocycles. The third-order valence-electron chi connectivity index (χ3n) is 7.54. The van der Waals surface area contributed by atoms with Crippen molar-refractivity contribution >= 4 is 5.91 Å². The summed E-state index contributed by atoms with van der Waals surface area (Å²) in [6.07, 6.45) is 3.57.